The number of rotatable bonds is 6. The van der Waals surface area contributed by atoms with E-state index in [1.807, 2.05) is 0 Å². The van der Waals surface area contributed by atoms with Gasteiger partial charge >= 0.3 is 0 Å². The van der Waals surface area contributed by atoms with E-state index in [-0.39, 0.29) is 0 Å². The molecule has 3 unspecified atom stereocenters. The van der Waals surface area contributed by atoms with Crippen molar-refractivity contribution in [2.75, 3.05) is 19.6 Å². The molecule has 3 atom stereocenters. The van der Waals surface area contributed by atoms with E-state index >= 15 is 0 Å². The lowest BCUT2D eigenvalue weighted by molar-refractivity contribution is 0.0775. The van der Waals surface area contributed by atoms with Crippen LogP contribution in [0.15, 0.2) is 0 Å². The Morgan fingerprint density at radius 2 is 1.56 bits per heavy atom. The van der Waals surface area contributed by atoms with Gasteiger partial charge in [0.1, 0.15) is 0 Å². The van der Waals surface area contributed by atoms with Crippen LogP contribution in [0.5, 0.6) is 0 Å². The van der Waals surface area contributed by atoms with E-state index < -0.39 is 0 Å². The predicted molar refractivity (Wildman–Crippen MR) is 76.4 cm³/mol. The quantitative estimate of drug-likeness (QED) is 0.785. The first-order valence-electron chi connectivity index (χ1n) is 8.20. The third kappa shape index (κ3) is 3.27. The highest BCUT2D eigenvalue weighted by Crippen LogP contribution is 2.39. The SMILES string of the molecule is CC1CCC(CN)C(N(CC2CC2)CC2CC2)C1. The van der Waals surface area contributed by atoms with Gasteiger partial charge in [0.05, 0.1) is 0 Å². The smallest absolute Gasteiger partial charge is 0.0138 e. The summed E-state index contributed by atoms with van der Waals surface area (Å²) < 4.78 is 0. The number of nitrogens with zero attached hydrogens (tertiary/aromatic N) is 1. The molecule has 2 N–H and O–H groups in total. The monoisotopic (exact) mass is 250 g/mol. The van der Waals surface area contributed by atoms with E-state index in [9.17, 15) is 0 Å². The van der Waals surface area contributed by atoms with Crippen molar-refractivity contribution in [2.45, 2.75) is 57.9 Å². The molecule has 0 heterocycles. The van der Waals surface area contributed by atoms with Gasteiger partial charge in [-0.15, -0.1) is 0 Å². The zero-order valence-electron chi connectivity index (χ0n) is 12.0. The van der Waals surface area contributed by atoms with Crippen molar-refractivity contribution in [3.63, 3.8) is 0 Å². The van der Waals surface area contributed by atoms with E-state index in [1.165, 1.54) is 58.0 Å². The molecule has 0 spiro atoms. The van der Waals surface area contributed by atoms with Gasteiger partial charge in [0.2, 0.25) is 0 Å². The van der Waals surface area contributed by atoms with Gasteiger partial charge in [-0.2, -0.15) is 0 Å². The van der Waals surface area contributed by atoms with Crippen LogP contribution < -0.4 is 5.73 Å². The van der Waals surface area contributed by atoms with Gasteiger partial charge in [0.15, 0.2) is 0 Å². The molecule has 3 rings (SSSR count). The van der Waals surface area contributed by atoms with Crippen LogP contribution in [0, 0.1) is 23.7 Å². The third-order valence-electron chi connectivity index (χ3n) is 5.37. The molecule has 0 aromatic carbocycles. The molecule has 0 bridgehead atoms. The Morgan fingerprint density at radius 3 is 2.06 bits per heavy atom. The molecule has 3 aliphatic carbocycles. The maximum Gasteiger partial charge on any atom is 0.0138 e. The highest BCUT2D eigenvalue weighted by atomic mass is 15.2. The standard InChI is InChI=1S/C16H30N2/c1-12-2-7-15(9-17)16(8-12)18(10-13-3-4-13)11-14-5-6-14/h12-16H,2-11,17H2,1H3. The molecule has 2 nitrogen and oxygen atoms in total. The first-order valence-corrected chi connectivity index (χ1v) is 8.20. The van der Waals surface area contributed by atoms with Gasteiger partial charge in [-0.25, -0.2) is 0 Å². The van der Waals surface area contributed by atoms with Crippen LogP contribution in [0.2, 0.25) is 0 Å². The van der Waals surface area contributed by atoms with E-state index in [2.05, 4.69) is 11.8 Å². The van der Waals surface area contributed by atoms with Crippen LogP contribution in [0.25, 0.3) is 0 Å². The summed E-state index contributed by atoms with van der Waals surface area (Å²) in [6, 6.07) is 0.806. The number of hydrogen-bond acceptors (Lipinski definition) is 2. The molecule has 0 amide bonds. The molecule has 2 heteroatoms. The van der Waals surface area contributed by atoms with Gasteiger partial charge in [0.25, 0.3) is 0 Å². The molecule has 0 aromatic heterocycles. The molecule has 3 aliphatic rings. The lowest BCUT2D eigenvalue weighted by atomic mass is 9.78. The van der Waals surface area contributed by atoms with Crippen LogP contribution in [-0.2, 0) is 0 Å². The first-order chi connectivity index (χ1) is 8.76. The zero-order chi connectivity index (χ0) is 12.5. The lowest BCUT2D eigenvalue weighted by Crippen LogP contribution is -2.48. The topological polar surface area (TPSA) is 29.3 Å². The van der Waals surface area contributed by atoms with E-state index in [0.29, 0.717) is 0 Å². The van der Waals surface area contributed by atoms with Crippen molar-refractivity contribution < 1.29 is 0 Å². The van der Waals surface area contributed by atoms with Crippen LogP contribution >= 0.6 is 0 Å². The summed E-state index contributed by atoms with van der Waals surface area (Å²) >= 11 is 0. The molecule has 0 radical (unpaired) electrons. The van der Waals surface area contributed by atoms with Crippen molar-refractivity contribution in [3.8, 4) is 0 Å². The summed E-state index contributed by atoms with van der Waals surface area (Å²) in [5.41, 5.74) is 6.04. The highest BCUT2D eigenvalue weighted by molar-refractivity contribution is 4.91. The molecule has 0 aromatic rings. The second-order valence-electron chi connectivity index (χ2n) is 7.32. The third-order valence-corrected chi connectivity index (χ3v) is 5.37. The second kappa shape index (κ2) is 5.50. The van der Waals surface area contributed by atoms with Crippen molar-refractivity contribution in [3.05, 3.63) is 0 Å². The largest absolute Gasteiger partial charge is 0.330 e. The molecule has 3 fully saturated rings. The average Bonchev–Trinajstić information content (AvgIpc) is 3.23. The molecular weight excluding hydrogens is 220 g/mol. The molecule has 18 heavy (non-hydrogen) atoms. The van der Waals surface area contributed by atoms with Crippen LogP contribution in [0.1, 0.15) is 51.9 Å². The fourth-order valence-corrected chi connectivity index (χ4v) is 3.75. The molecule has 3 saturated carbocycles. The summed E-state index contributed by atoms with van der Waals surface area (Å²) in [5, 5.41) is 0. The summed E-state index contributed by atoms with van der Waals surface area (Å²) in [6.45, 7) is 6.10. The predicted octanol–water partition coefficient (Wildman–Crippen LogP) is 2.87. The lowest BCUT2D eigenvalue weighted by Gasteiger charge is -2.42. The van der Waals surface area contributed by atoms with Crippen molar-refractivity contribution in [1.29, 1.82) is 0 Å². The number of hydrogen-bond donors (Lipinski definition) is 1. The van der Waals surface area contributed by atoms with E-state index in [4.69, 9.17) is 5.73 Å². The molecule has 0 saturated heterocycles. The van der Waals surface area contributed by atoms with Gasteiger partial charge < -0.3 is 5.73 Å². The fraction of sp³-hybridized carbons (Fsp3) is 1.00. The Bertz CT molecular complexity index is 256. The Morgan fingerprint density at radius 1 is 0.944 bits per heavy atom. The summed E-state index contributed by atoms with van der Waals surface area (Å²) in [7, 11) is 0. The highest BCUT2D eigenvalue weighted by Gasteiger charge is 2.37. The summed E-state index contributed by atoms with van der Waals surface area (Å²) in [6.07, 6.45) is 10.1. The Labute approximate surface area is 112 Å². The van der Waals surface area contributed by atoms with Gasteiger partial charge in [-0.05, 0) is 68.7 Å². The maximum atomic E-state index is 6.04. The van der Waals surface area contributed by atoms with Crippen molar-refractivity contribution in [2.24, 2.45) is 29.4 Å². The summed E-state index contributed by atoms with van der Waals surface area (Å²) in [4.78, 5) is 2.86. The molecule has 104 valence electrons. The Balaban J connectivity index is 1.64. The van der Waals surface area contributed by atoms with Crippen molar-refractivity contribution >= 4 is 0 Å². The average molecular weight is 250 g/mol. The van der Waals surface area contributed by atoms with Gasteiger partial charge in [-0.3, -0.25) is 4.90 Å². The number of nitrogens with two attached hydrogens (primary N) is 1. The minimum absolute atomic E-state index is 0.777. The normalized spacial score (nSPS) is 37.2. The van der Waals surface area contributed by atoms with Crippen LogP contribution in [-0.4, -0.2) is 30.6 Å². The fourth-order valence-electron chi connectivity index (χ4n) is 3.75. The molecular formula is C16H30N2. The van der Waals surface area contributed by atoms with Crippen LogP contribution in [0.4, 0.5) is 0 Å². The maximum absolute atomic E-state index is 6.04. The van der Waals surface area contributed by atoms with E-state index in [0.717, 1.165) is 36.3 Å². The van der Waals surface area contributed by atoms with Crippen LogP contribution in [0.3, 0.4) is 0 Å². The minimum atomic E-state index is 0.777. The molecule has 0 aliphatic heterocycles. The summed E-state index contributed by atoms with van der Waals surface area (Å²) in [5.74, 6) is 3.75. The minimum Gasteiger partial charge on any atom is -0.330 e. The van der Waals surface area contributed by atoms with Crippen molar-refractivity contribution in [1.82, 2.24) is 4.90 Å². The van der Waals surface area contributed by atoms with Gasteiger partial charge in [0, 0.05) is 19.1 Å². The van der Waals surface area contributed by atoms with E-state index in [1.54, 1.807) is 0 Å². The van der Waals surface area contributed by atoms with Gasteiger partial charge in [-0.1, -0.05) is 13.3 Å². The Hall–Kier alpha value is -0.0800. The second-order valence-corrected chi connectivity index (χ2v) is 7.32. The zero-order valence-corrected chi connectivity index (χ0v) is 12.0. The first kappa shape index (κ1) is 12.9. The Kier molecular flexibility index (Phi) is 3.95.